The molecule has 1 aliphatic heterocycles. The van der Waals surface area contributed by atoms with Gasteiger partial charge in [-0.25, -0.2) is 4.90 Å². The summed E-state index contributed by atoms with van der Waals surface area (Å²) in [4.78, 5) is 30.8. The quantitative estimate of drug-likeness (QED) is 0.605. The molecule has 2 aromatic carbocycles. The Balaban J connectivity index is 1.78. The molecule has 1 aliphatic rings. The first-order valence-corrected chi connectivity index (χ1v) is 10.5. The van der Waals surface area contributed by atoms with E-state index in [9.17, 15) is 9.59 Å². The van der Waals surface area contributed by atoms with Crippen LogP contribution in [-0.2, 0) is 9.59 Å². The number of benzene rings is 2. The van der Waals surface area contributed by atoms with Crippen LogP contribution in [0.25, 0.3) is 5.57 Å². The molecule has 4 rings (SSSR count). The standard InChI is InChI=1S/C24H23N3O2S/c1-15-7-8-16(2)19(14-15)25-22-21(20-6-5-13-30-20)23(28)27(24(22)29)18-11-9-17(10-12-18)26(3)4/h5-14,25H,1-4H3. The highest BCUT2D eigenvalue weighted by molar-refractivity contribution is 7.11. The first kappa shape index (κ1) is 19.9. The summed E-state index contributed by atoms with van der Waals surface area (Å²) in [6.45, 7) is 3.98. The number of carbonyl (C=O) groups is 2. The van der Waals surface area contributed by atoms with Crippen molar-refractivity contribution in [3.63, 3.8) is 0 Å². The van der Waals surface area contributed by atoms with Crippen molar-refractivity contribution in [3.05, 3.63) is 81.7 Å². The number of rotatable bonds is 5. The summed E-state index contributed by atoms with van der Waals surface area (Å²) in [7, 11) is 3.90. The third-order valence-corrected chi connectivity index (χ3v) is 6.02. The largest absolute Gasteiger partial charge is 0.378 e. The fraction of sp³-hybridized carbons (Fsp3) is 0.167. The zero-order valence-electron chi connectivity index (χ0n) is 17.4. The van der Waals surface area contributed by atoms with Gasteiger partial charge in [-0.2, -0.15) is 0 Å². The molecule has 2 heterocycles. The van der Waals surface area contributed by atoms with E-state index in [0.717, 1.165) is 27.4 Å². The number of hydrogen-bond acceptors (Lipinski definition) is 5. The van der Waals surface area contributed by atoms with Crippen LogP contribution >= 0.6 is 11.3 Å². The predicted molar refractivity (Wildman–Crippen MR) is 124 cm³/mol. The Labute approximate surface area is 180 Å². The van der Waals surface area contributed by atoms with Crippen LogP contribution in [0.15, 0.2) is 65.7 Å². The molecule has 3 aromatic rings. The molecular weight excluding hydrogens is 394 g/mol. The predicted octanol–water partition coefficient (Wildman–Crippen LogP) is 4.83. The molecule has 0 fully saturated rings. The summed E-state index contributed by atoms with van der Waals surface area (Å²) in [5, 5.41) is 5.17. The van der Waals surface area contributed by atoms with Crippen molar-refractivity contribution in [1.82, 2.24) is 0 Å². The Morgan fingerprint density at radius 1 is 0.933 bits per heavy atom. The average Bonchev–Trinajstić information content (AvgIpc) is 3.32. The van der Waals surface area contributed by atoms with Gasteiger partial charge in [0.15, 0.2) is 0 Å². The second-order valence-electron chi connectivity index (χ2n) is 7.53. The second-order valence-corrected chi connectivity index (χ2v) is 8.47. The molecule has 6 heteroatoms. The van der Waals surface area contributed by atoms with Crippen LogP contribution in [0.3, 0.4) is 0 Å². The molecule has 0 unspecified atom stereocenters. The maximum absolute atomic E-state index is 13.4. The Morgan fingerprint density at radius 2 is 1.67 bits per heavy atom. The van der Waals surface area contributed by atoms with E-state index in [-0.39, 0.29) is 11.8 Å². The fourth-order valence-corrected chi connectivity index (χ4v) is 4.20. The third kappa shape index (κ3) is 3.50. The van der Waals surface area contributed by atoms with Crippen molar-refractivity contribution in [3.8, 4) is 0 Å². The van der Waals surface area contributed by atoms with Gasteiger partial charge >= 0.3 is 0 Å². The van der Waals surface area contributed by atoms with Gasteiger partial charge in [-0.3, -0.25) is 9.59 Å². The summed E-state index contributed by atoms with van der Waals surface area (Å²) in [6, 6.07) is 17.2. The van der Waals surface area contributed by atoms with E-state index in [1.54, 1.807) is 12.1 Å². The molecule has 0 spiro atoms. The van der Waals surface area contributed by atoms with Crippen molar-refractivity contribution in [2.45, 2.75) is 13.8 Å². The minimum Gasteiger partial charge on any atom is -0.378 e. The van der Waals surface area contributed by atoms with Gasteiger partial charge in [0, 0.05) is 30.3 Å². The number of anilines is 3. The van der Waals surface area contributed by atoms with Crippen molar-refractivity contribution in [2.75, 3.05) is 29.2 Å². The molecule has 1 N–H and O–H groups in total. The maximum atomic E-state index is 13.4. The van der Waals surface area contributed by atoms with Crippen molar-refractivity contribution < 1.29 is 9.59 Å². The normalized spacial score (nSPS) is 13.9. The molecule has 1 aromatic heterocycles. The van der Waals surface area contributed by atoms with Gasteiger partial charge in [-0.15, -0.1) is 11.3 Å². The van der Waals surface area contributed by atoms with E-state index in [0.29, 0.717) is 17.0 Å². The number of imide groups is 1. The van der Waals surface area contributed by atoms with E-state index in [1.807, 2.05) is 80.7 Å². The van der Waals surface area contributed by atoms with E-state index in [1.165, 1.54) is 16.2 Å². The Bertz CT molecular complexity index is 1150. The van der Waals surface area contributed by atoms with E-state index in [2.05, 4.69) is 5.32 Å². The number of hydrogen-bond donors (Lipinski definition) is 1. The summed E-state index contributed by atoms with van der Waals surface area (Å²) in [5.74, 6) is -0.658. The number of thiophene rings is 1. The molecule has 5 nitrogen and oxygen atoms in total. The fourth-order valence-electron chi connectivity index (χ4n) is 3.43. The first-order chi connectivity index (χ1) is 14.4. The Kier molecular flexibility index (Phi) is 5.18. The molecule has 0 aliphatic carbocycles. The SMILES string of the molecule is Cc1ccc(C)c(NC2=C(c3cccs3)C(=O)N(c3ccc(N(C)C)cc3)C2=O)c1. The number of aryl methyl sites for hydroxylation is 2. The summed E-state index contributed by atoms with van der Waals surface area (Å²) in [6.07, 6.45) is 0. The lowest BCUT2D eigenvalue weighted by molar-refractivity contribution is -0.120. The maximum Gasteiger partial charge on any atom is 0.282 e. The zero-order valence-corrected chi connectivity index (χ0v) is 18.2. The Hall–Kier alpha value is -3.38. The lowest BCUT2D eigenvalue weighted by Crippen LogP contribution is -2.32. The van der Waals surface area contributed by atoms with Gasteiger partial charge < -0.3 is 10.2 Å². The van der Waals surface area contributed by atoms with Gasteiger partial charge in [-0.05, 0) is 66.8 Å². The van der Waals surface area contributed by atoms with Crippen LogP contribution in [0.2, 0.25) is 0 Å². The van der Waals surface area contributed by atoms with E-state index < -0.39 is 0 Å². The molecule has 0 bridgehead atoms. The lowest BCUT2D eigenvalue weighted by atomic mass is 10.1. The van der Waals surface area contributed by atoms with Crippen LogP contribution in [0.5, 0.6) is 0 Å². The van der Waals surface area contributed by atoms with Crippen LogP contribution < -0.4 is 15.1 Å². The van der Waals surface area contributed by atoms with Crippen LogP contribution in [0.4, 0.5) is 17.1 Å². The average molecular weight is 418 g/mol. The van der Waals surface area contributed by atoms with Gasteiger partial charge in [0.25, 0.3) is 11.8 Å². The van der Waals surface area contributed by atoms with Gasteiger partial charge in [0.05, 0.1) is 11.3 Å². The van der Waals surface area contributed by atoms with Gasteiger partial charge in [-0.1, -0.05) is 18.2 Å². The van der Waals surface area contributed by atoms with Crippen molar-refractivity contribution in [1.29, 1.82) is 0 Å². The molecular formula is C24H23N3O2S. The smallest absolute Gasteiger partial charge is 0.282 e. The number of nitrogens with one attached hydrogen (secondary N) is 1. The number of carbonyl (C=O) groups excluding carboxylic acids is 2. The molecule has 0 radical (unpaired) electrons. The van der Waals surface area contributed by atoms with Gasteiger partial charge in [0.1, 0.15) is 5.70 Å². The first-order valence-electron chi connectivity index (χ1n) is 9.65. The highest BCUT2D eigenvalue weighted by Gasteiger charge is 2.40. The lowest BCUT2D eigenvalue weighted by Gasteiger charge is -2.18. The van der Waals surface area contributed by atoms with Crippen LogP contribution in [0, 0.1) is 13.8 Å². The molecule has 0 atom stereocenters. The minimum atomic E-state index is -0.345. The summed E-state index contributed by atoms with van der Waals surface area (Å²) < 4.78 is 0. The van der Waals surface area contributed by atoms with Gasteiger partial charge in [0.2, 0.25) is 0 Å². The molecule has 152 valence electrons. The molecule has 30 heavy (non-hydrogen) atoms. The number of nitrogens with zero attached hydrogens (tertiary/aromatic N) is 2. The van der Waals surface area contributed by atoms with Crippen molar-refractivity contribution in [2.24, 2.45) is 0 Å². The molecule has 0 saturated carbocycles. The summed E-state index contributed by atoms with van der Waals surface area (Å²) >= 11 is 1.45. The van der Waals surface area contributed by atoms with Crippen LogP contribution in [-0.4, -0.2) is 25.9 Å². The third-order valence-electron chi connectivity index (χ3n) is 5.13. The van der Waals surface area contributed by atoms with E-state index in [4.69, 9.17) is 0 Å². The summed E-state index contributed by atoms with van der Waals surface area (Å²) in [5.41, 5.74) is 5.19. The molecule has 0 saturated heterocycles. The van der Waals surface area contributed by atoms with Crippen LogP contribution in [0.1, 0.15) is 16.0 Å². The highest BCUT2D eigenvalue weighted by Crippen LogP contribution is 2.36. The van der Waals surface area contributed by atoms with Crippen molar-refractivity contribution >= 4 is 45.8 Å². The topological polar surface area (TPSA) is 52.7 Å². The second kappa shape index (κ2) is 7.80. The van der Waals surface area contributed by atoms with E-state index >= 15 is 0 Å². The molecule has 2 amide bonds. The Morgan fingerprint density at radius 3 is 2.30 bits per heavy atom. The highest BCUT2D eigenvalue weighted by atomic mass is 32.1. The zero-order chi connectivity index (χ0) is 21.4. The minimum absolute atomic E-state index is 0.312. The number of amides is 2. The monoisotopic (exact) mass is 417 g/mol.